The van der Waals surface area contributed by atoms with E-state index in [1.165, 1.54) is 29.1 Å². The van der Waals surface area contributed by atoms with E-state index in [4.69, 9.17) is 9.52 Å². The second kappa shape index (κ2) is 5.34. The maximum absolute atomic E-state index is 11.1. The molecule has 112 valence electrons. The molecule has 0 aliphatic heterocycles. The number of aromatic carboxylic acids is 1. The fraction of sp³-hybridized carbons (Fsp3) is 0.0714. The van der Waals surface area contributed by atoms with E-state index < -0.39 is 5.97 Å². The highest BCUT2D eigenvalue weighted by Gasteiger charge is 2.19. The highest BCUT2D eigenvalue weighted by molar-refractivity contribution is 5.91. The van der Waals surface area contributed by atoms with Crippen molar-refractivity contribution in [2.45, 2.75) is 6.61 Å². The smallest absolute Gasteiger partial charge is 0.339 e. The van der Waals surface area contributed by atoms with Gasteiger partial charge in [-0.2, -0.15) is 0 Å². The van der Waals surface area contributed by atoms with E-state index in [1.807, 2.05) is 0 Å². The molecule has 0 bridgehead atoms. The number of hydrogen-bond donors (Lipinski definition) is 3. The molecule has 0 aliphatic rings. The third-order valence-corrected chi connectivity index (χ3v) is 3.10. The molecule has 2 aromatic heterocycles. The van der Waals surface area contributed by atoms with Crippen LogP contribution in [0, 0.1) is 0 Å². The fourth-order valence-corrected chi connectivity index (χ4v) is 2.09. The van der Waals surface area contributed by atoms with Gasteiger partial charge in [-0.3, -0.25) is 0 Å². The third kappa shape index (κ3) is 2.21. The molecule has 1 aromatic carbocycles. The number of hydrogen-bond acceptors (Lipinski definition) is 6. The zero-order valence-electron chi connectivity index (χ0n) is 11.2. The van der Waals surface area contributed by atoms with Gasteiger partial charge in [-0.25, -0.2) is 9.48 Å². The Balaban J connectivity index is 2.19. The molecule has 0 spiro atoms. The minimum atomic E-state index is -1.26. The SMILES string of the molecule is O=C(O)c1cc(-n2nnc(CO)c2-c2ccco2)ccc1O. The first kappa shape index (κ1) is 13.8. The summed E-state index contributed by atoms with van der Waals surface area (Å²) in [5.41, 5.74) is 0.812. The van der Waals surface area contributed by atoms with Crippen LogP contribution >= 0.6 is 0 Å². The normalized spacial score (nSPS) is 10.8. The quantitative estimate of drug-likeness (QED) is 0.666. The Morgan fingerprint density at radius 1 is 1.32 bits per heavy atom. The molecule has 0 amide bonds. The van der Waals surface area contributed by atoms with Crippen molar-refractivity contribution < 1.29 is 24.5 Å². The van der Waals surface area contributed by atoms with E-state index in [-0.39, 0.29) is 17.9 Å². The van der Waals surface area contributed by atoms with Gasteiger partial charge in [0.1, 0.15) is 22.7 Å². The standard InChI is InChI=1S/C14H11N3O5/c18-7-10-13(12-2-1-5-22-12)17(16-15-10)8-3-4-11(19)9(6-8)14(20)21/h1-6,18-19H,7H2,(H,20,21). The Bertz CT molecular complexity index is 823. The molecule has 3 N–H and O–H groups in total. The van der Waals surface area contributed by atoms with Crippen molar-refractivity contribution in [2.24, 2.45) is 0 Å². The largest absolute Gasteiger partial charge is 0.507 e. The number of carboxylic acid groups (broad SMARTS) is 1. The van der Waals surface area contributed by atoms with E-state index >= 15 is 0 Å². The summed E-state index contributed by atoms with van der Waals surface area (Å²) in [5, 5.41) is 35.8. The monoisotopic (exact) mass is 301 g/mol. The number of furan rings is 1. The van der Waals surface area contributed by atoms with E-state index in [9.17, 15) is 15.0 Å². The Morgan fingerprint density at radius 3 is 2.77 bits per heavy atom. The molecule has 0 fully saturated rings. The number of aromatic nitrogens is 3. The van der Waals surface area contributed by atoms with Crippen LogP contribution in [0.2, 0.25) is 0 Å². The number of carboxylic acids is 1. The number of aliphatic hydroxyl groups excluding tert-OH is 1. The van der Waals surface area contributed by atoms with E-state index in [1.54, 1.807) is 12.1 Å². The number of benzene rings is 1. The Morgan fingerprint density at radius 2 is 2.14 bits per heavy atom. The van der Waals surface area contributed by atoms with Crippen molar-refractivity contribution in [1.82, 2.24) is 15.0 Å². The molecule has 0 saturated carbocycles. The zero-order chi connectivity index (χ0) is 15.7. The Hall–Kier alpha value is -3.13. The summed E-state index contributed by atoms with van der Waals surface area (Å²) >= 11 is 0. The molecule has 0 atom stereocenters. The summed E-state index contributed by atoms with van der Waals surface area (Å²) in [6.07, 6.45) is 1.47. The van der Waals surface area contributed by atoms with Gasteiger partial charge in [0.05, 0.1) is 18.6 Å². The molecule has 8 heteroatoms. The van der Waals surface area contributed by atoms with Gasteiger partial charge >= 0.3 is 5.97 Å². The number of nitrogens with zero attached hydrogens (tertiary/aromatic N) is 3. The van der Waals surface area contributed by atoms with E-state index in [0.29, 0.717) is 22.8 Å². The van der Waals surface area contributed by atoms with Crippen LogP contribution in [0.5, 0.6) is 5.75 Å². The van der Waals surface area contributed by atoms with Crippen molar-refractivity contribution >= 4 is 5.97 Å². The first-order chi connectivity index (χ1) is 10.6. The van der Waals surface area contributed by atoms with Gasteiger partial charge in [0, 0.05) is 0 Å². The molecule has 8 nitrogen and oxygen atoms in total. The second-order valence-corrected chi connectivity index (χ2v) is 4.44. The summed E-state index contributed by atoms with van der Waals surface area (Å²) in [5.74, 6) is -1.18. The van der Waals surface area contributed by atoms with Crippen LogP contribution in [0.25, 0.3) is 17.1 Å². The number of phenols is 1. The van der Waals surface area contributed by atoms with E-state index in [2.05, 4.69) is 10.3 Å². The Labute approximate surface area is 123 Å². The van der Waals surface area contributed by atoms with Crippen molar-refractivity contribution in [3.63, 3.8) is 0 Å². The maximum atomic E-state index is 11.1. The first-order valence-corrected chi connectivity index (χ1v) is 6.28. The molecule has 22 heavy (non-hydrogen) atoms. The molecule has 3 rings (SSSR count). The van der Waals surface area contributed by atoms with Gasteiger partial charge < -0.3 is 19.7 Å². The summed E-state index contributed by atoms with van der Waals surface area (Å²) in [6, 6.07) is 7.36. The van der Waals surface area contributed by atoms with Crippen LogP contribution < -0.4 is 0 Å². The minimum absolute atomic E-state index is 0.260. The molecule has 0 aliphatic carbocycles. The molecular formula is C14H11N3O5. The van der Waals surface area contributed by atoms with Gasteiger partial charge in [-0.05, 0) is 30.3 Å². The zero-order valence-corrected chi connectivity index (χ0v) is 11.2. The van der Waals surface area contributed by atoms with Crippen LogP contribution in [0.1, 0.15) is 16.1 Å². The predicted octanol–water partition coefficient (Wildman–Crippen LogP) is 1.42. The molecule has 3 aromatic rings. The van der Waals surface area contributed by atoms with Gasteiger partial charge in [0.15, 0.2) is 5.76 Å². The van der Waals surface area contributed by atoms with Crippen molar-refractivity contribution in [1.29, 1.82) is 0 Å². The van der Waals surface area contributed by atoms with Gasteiger partial charge in [0.2, 0.25) is 0 Å². The minimum Gasteiger partial charge on any atom is -0.507 e. The average Bonchev–Trinajstić information content (AvgIpc) is 3.15. The molecule has 2 heterocycles. The van der Waals surface area contributed by atoms with Crippen molar-refractivity contribution in [3.8, 4) is 22.9 Å². The van der Waals surface area contributed by atoms with Crippen LogP contribution in [0.3, 0.4) is 0 Å². The summed E-state index contributed by atoms with van der Waals surface area (Å²) in [6.45, 7) is -0.347. The summed E-state index contributed by atoms with van der Waals surface area (Å²) < 4.78 is 6.65. The second-order valence-electron chi connectivity index (χ2n) is 4.44. The lowest BCUT2D eigenvalue weighted by Gasteiger charge is -2.07. The lowest BCUT2D eigenvalue weighted by Crippen LogP contribution is -2.03. The van der Waals surface area contributed by atoms with Crippen LogP contribution in [0.4, 0.5) is 0 Å². The van der Waals surface area contributed by atoms with Crippen LogP contribution in [-0.4, -0.2) is 36.3 Å². The third-order valence-electron chi connectivity index (χ3n) is 3.10. The van der Waals surface area contributed by atoms with Crippen molar-refractivity contribution in [2.75, 3.05) is 0 Å². The van der Waals surface area contributed by atoms with Crippen LogP contribution in [-0.2, 0) is 6.61 Å². The Kier molecular flexibility index (Phi) is 3.36. The average molecular weight is 301 g/mol. The number of aliphatic hydroxyl groups is 1. The molecule has 0 saturated heterocycles. The molecule has 0 unspecified atom stereocenters. The number of rotatable bonds is 4. The lowest BCUT2D eigenvalue weighted by molar-refractivity contribution is 0.0693. The maximum Gasteiger partial charge on any atom is 0.339 e. The van der Waals surface area contributed by atoms with Gasteiger partial charge in [-0.1, -0.05) is 5.21 Å². The number of aromatic hydroxyl groups is 1. The highest BCUT2D eigenvalue weighted by atomic mass is 16.4. The van der Waals surface area contributed by atoms with Crippen molar-refractivity contribution in [3.05, 3.63) is 47.9 Å². The molecular weight excluding hydrogens is 290 g/mol. The van der Waals surface area contributed by atoms with E-state index in [0.717, 1.165) is 0 Å². The predicted molar refractivity (Wildman–Crippen MR) is 73.6 cm³/mol. The topological polar surface area (TPSA) is 122 Å². The first-order valence-electron chi connectivity index (χ1n) is 6.28. The van der Waals surface area contributed by atoms with Crippen LogP contribution in [0.15, 0.2) is 41.0 Å². The van der Waals surface area contributed by atoms with Gasteiger partial charge in [0.25, 0.3) is 0 Å². The summed E-state index contributed by atoms with van der Waals surface area (Å²) in [4.78, 5) is 11.1. The summed E-state index contributed by atoms with van der Waals surface area (Å²) in [7, 11) is 0. The molecule has 0 radical (unpaired) electrons. The van der Waals surface area contributed by atoms with Gasteiger partial charge in [-0.15, -0.1) is 5.10 Å². The number of carbonyl (C=O) groups is 1. The lowest BCUT2D eigenvalue weighted by atomic mass is 10.1. The fourth-order valence-electron chi connectivity index (χ4n) is 2.09. The highest BCUT2D eigenvalue weighted by Crippen LogP contribution is 2.28.